The van der Waals surface area contributed by atoms with E-state index in [0.717, 1.165) is 34.9 Å². The molecule has 0 aliphatic carbocycles. The number of hydrogen-bond donors (Lipinski definition) is 2. The van der Waals surface area contributed by atoms with Crippen LogP contribution in [0.3, 0.4) is 0 Å². The number of para-hydroxylation sites is 1. The van der Waals surface area contributed by atoms with Crippen LogP contribution in [0.25, 0.3) is 10.1 Å². The van der Waals surface area contributed by atoms with Crippen molar-refractivity contribution in [1.82, 2.24) is 25.2 Å². The van der Waals surface area contributed by atoms with Crippen molar-refractivity contribution in [3.8, 4) is 5.75 Å². The lowest BCUT2D eigenvalue weighted by atomic mass is 9.92. The van der Waals surface area contributed by atoms with Gasteiger partial charge in [-0.15, -0.1) is 11.3 Å². The SMILES string of the molecule is CCCOC(=O)[C@H](COC)NP(=O)(Cc1ccc2sc(C(=O)N[C@H]3CCC[C@H]4CC[C@@H](C(=O)N5CC(c6cccnc6)C5)N4C3=O)cc2c1)Oc1ccccc1. The van der Waals surface area contributed by atoms with Crippen LogP contribution in [-0.2, 0) is 34.6 Å². The molecule has 13 nitrogen and oxygen atoms in total. The van der Waals surface area contributed by atoms with Crippen molar-refractivity contribution in [1.29, 1.82) is 0 Å². The summed E-state index contributed by atoms with van der Waals surface area (Å²) in [5.74, 6) is -0.552. The summed E-state index contributed by atoms with van der Waals surface area (Å²) < 4.78 is 32.0. The van der Waals surface area contributed by atoms with E-state index in [1.165, 1.54) is 18.4 Å². The molecule has 0 saturated carbocycles. The van der Waals surface area contributed by atoms with E-state index in [1.54, 1.807) is 41.4 Å². The summed E-state index contributed by atoms with van der Waals surface area (Å²) in [6, 6.07) is 17.6. The minimum Gasteiger partial charge on any atom is -0.464 e. The molecule has 2 aromatic heterocycles. The van der Waals surface area contributed by atoms with Gasteiger partial charge in [0.25, 0.3) is 5.91 Å². The van der Waals surface area contributed by atoms with Gasteiger partial charge in [0.05, 0.1) is 24.3 Å². The Morgan fingerprint density at radius 1 is 1.02 bits per heavy atom. The van der Waals surface area contributed by atoms with Gasteiger partial charge in [-0.2, -0.15) is 0 Å². The molecule has 3 saturated heterocycles. The number of esters is 1. The van der Waals surface area contributed by atoms with E-state index in [9.17, 15) is 23.7 Å². The number of nitrogens with zero attached hydrogens (tertiary/aromatic N) is 3. The molecule has 0 bridgehead atoms. The van der Waals surface area contributed by atoms with Crippen LogP contribution in [0.2, 0.25) is 0 Å². The van der Waals surface area contributed by atoms with Crippen LogP contribution in [0.15, 0.2) is 79.1 Å². The summed E-state index contributed by atoms with van der Waals surface area (Å²) in [5, 5.41) is 6.68. The van der Waals surface area contributed by atoms with E-state index in [2.05, 4.69) is 15.4 Å². The van der Waals surface area contributed by atoms with Gasteiger partial charge in [-0.05, 0) is 91.4 Å². The third-order valence-electron chi connectivity index (χ3n) is 10.6. The third-order valence-corrected chi connectivity index (χ3v) is 13.7. The number of fused-ring (bicyclic) bond motifs is 2. The molecule has 7 rings (SSSR count). The zero-order chi connectivity index (χ0) is 39.2. The van der Waals surface area contributed by atoms with Crippen molar-refractivity contribution in [2.24, 2.45) is 0 Å². The number of benzene rings is 2. The quantitative estimate of drug-likeness (QED) is 0.110. The highest BCUT2D eigenvalue weighted by molar-refractivity contribution is 7.56. The van der Waals surface area contributed by atoms with Crippen LogP contribution in [0.1, 0.15) is 72.2 Å². The normalized spacial score (nSPS) is 21.4. The monoisotopic (exact) mass is 801 g/mol. The Kier molecular flexibility index (Phi) is 12.5. The molecule has 3 aliphatic rings. The maximum Gasteiger partial charge on any atom is 0.326 e. The van der Waals surface area contributed by atoms with E-state index in [4.69, 9.17) is 14.0 Å². The average Bonchev–Trinajstić information content (AvgIpc) is 3.77. The molecule has 2 aromatic carbocycles. The van der Waals surface area contributed by atoms with Crippen molar-refractivity contribution >= 4 is 52.6 Å². The maximum absolute atomic E-state index is 14.5. The van der Waals surface area contributed by atoms with Crippen LogP contribution in [0.4, 0.5) is 0 Å². The minimum absolute atomic E-state index is 0.0143. The molecule has 15 heteroatoms. The molecule has 5 atom stereocenters. The van der Waals surface area contributed by atoms with Crippen molar-refractivity contribution in [2.45, 2.75) is 81.7 Å². The van der Waals surface area contributed by atoms with E-state index < -0.39 is 31.6 Å². The Morgan fingerprint density at radius 3 is 2.59 bits per heavy atom. The molecule has 5 heterocycles. The maximum atomic E-state index is 14.5. The zero-order valence-electron chi connectivity index (χ0n) is 31.6. The van der Waals surface area contributed by atoms with Crippen molar-refractivity contribution < 1.29 is 37.7 Å². The van der Waals surface area contributed by atoms with Gasteiger partial charge in [0.15, 0.2) is 0 Å². The number of hydrogen-bond acceptors (Lipinski definition) is 10. The fourth-order valence-electron chi connectivity index (χ4n) is 7.83. The number of aromatic nitrogens is 1. The predicted octanol–water partition coefficient (Wildman–Crippen LogP) is 5.89. The molecule has 3 fully saturated rings. The first-order valence-corrected chi connectivity index (χ1v) is 21.9. The summed E-state index contributed by atoms with van der Waals surface area (Å²) in [6.45, 7) is 3.25. The number of ether oxygens (including phenoxy) is 2. The predicted molar refractivity (Wildman–Crippen MR) is 213 cm³/mol. The Morgan fingerprint density at radius 2 is 1.84 bits per heavy atom. The lowest BCUT2D eigenvalue weighted by Crippen LogP contribution is -2.58. The summed E-state index contributed by atoms with van der Waals surface area (Å²) >= 11 is 1.30. The smallest absolute Gasteiger partial charge is 0.326 e. The highest BCUT2D eigenvalue weighted by Gasteiger charge is 2.47. The van der Waals surface area contributed by atoms with E-state index in [0.29, 0.717) is 48.5 Å². The summed E-state index contributed by atoms with van der Waals surface area (Å²) in [6.07, 6.45) is 7.61. The van der Waals surface area contributed by atoms with Gasteiger partial charge in [-0.3, -0.25) is 28.7 Å². The molecule has 296 valence electrons. The number of rotatable bonds is 15. The van der Waals surface area contributed by atoms with Gasteiger partial charge in [-0.1, -0.05) is 37.3 Å². The molecule has 3 aliphatic heterocycles. The van der Waals surface area contributed by atoms with Crippen molar-refractivity contribution in [3.63, 3.8) is 0 Å². The Labute approximate surface area is 330 Å². The second-order valence-corrected chi connectivity index (χ2v) is 17.9. The van der Waals surface area contributed by atoms with Crippen LogP contribution in [0.5, 0.6) is 5.75 Å². The first-order chi connectivity index (χ1) is 27.1. The number of nitrogens with one attached hydrogen (secondary N) is 2. The second-order valence-electron chi connectivity index (χ2n) is 14.7. The lowest BCUT2D eigenvalue weighted by molar-refractivity contribution is -0.148. The zero-order valence-corrected chi connectivity index (χ0v) is 33.3. The van der Waals surface area contributed by atoms with Crippen LogP contribution >= 0.6 is 18.9 Å². The Balaban J connectivity index is 1.03. The van der Waals surface area contributed by atoms with Crippen LogP contribution in [0, 0.1) is 0 Å². The van der Waals surface area contributed by atoms with Gasteiger partial charge >= 0.3 is 13.5 Å². The standard InChI is InChI=1S/C41H48N5O8PS/c1-3-19-53-41(50)34(25-52-2)44-55(51,54-32-11-5-4-6-12-32)26-27-14-17-36-29(20-27)21-37(56-36)38(47)43-33-13-7-10-31-15-16-35(46(31)39(33)48)40(49)45-23-30(24-45)28-9-8-18-42-22-28/h4-6,8-9,11-12,14,17-18,20-22,30-31,33-35H,3,7,10,13,15-16,19,23-26H2,1-2H3,(H,43,47)(H,44,51)/t31-,33-,34-,35-,55?/m0/s1. The van der Waals surface area contributed by atoms with Gasteiger partial charge in [0, 0.05) is 49.3 Å². The van der Waals surface area contributed by atoms with Crippen molar-refractivity contribution in [2.75, 3.05) is 33.4 Å². The number of carbonyl (C=O) groups excluding carboxylic acids is 4. The van der Waals surface area contributed by atoms with E-state index >= 15 is 0 Å². The first-order valence-electron chi connectivity index (χ1n) is 19.3. The first kappa shape index (κ1) is 39.6. The number of pyridine rings is 1. The molecule has 0 spiro atoms. The molecule has 1 unspecified atom stereocenters. The Bertz CT molecular complexity index is 2080. The molecular formula is C41H48N5O8PS. The van der Waals surface area contributed by atoms with Gasteiger partial charge in [0.1, 0.15) is 23.9 Å². The largest absolute Gasteiger partial charge is 0.464 e. The molecule has 3 amide bonds. The number of methoxy groups -OCH3 is 1. The summed E-state index contributed by atoms with van der Waals surface area (Å²) in [5.41, 5.74) is 1.77. The lowest BCUT2D eigenvalue weighted by Gasteiger charge is -2.42. The number of carbonyl (C=O) groups is 4. The second kappa shape index (κ2) is 17.7. The third kappa shape index (κ3) is 8.99. The van der Waals surface area contributed by atoms with Crippen LogP contribution < -0.4 is 14.9 Å². The molecular weight excluding hydrogens is 754 g/mol. The van der Waals surface area contributed by atoms with Gasteiger partial charge in [-0.25, -0.2) is 5.09 Å². The Hall–Kier alpha value is -4.62. The summed E-state index contributed by atoms with van der Waals surface area (Å²) in [4.78, 5) is 62.6. The number of likely N-dealkylation sites (tertiary alicyclic amines) is 1. The van der Waals surface area contributed by atoms with E-state index in [1.807, 2.05) is 54.4 Å². The molecule has 4 aromatic rings. The van der Waals surface area contributed by atoms with Crippen molar-refractivity contribution in [3.05, 3.63) is 95.1 Å². The molecule has 56 heavy (non-hydrogen) atoms. The fourth-order valence-corrected chi connectivity index (χ4v) is 10.8. The van der Waals surface area contributed by atoms with E-state index in [-0.39, 0.29) is 49.1 Å². The number of amides is 3. The molecule has 2 N–H and O–H groups in total. The molecule has 0 radical (unpaired) electrons. The van der Waals surface area contributed by atoms with Gasteiger partial charge in [0.2, 0.25) is 11.8 Å². The fraction of sp³-hybridized carbons (Fsp3) is 0.439. The average molecular weight is 802 g/mol. The van der Waals surface area contributed by atoms with Crippen LogP contribution in [-0.4, -0.2) is 96.1 Å². The highest BCUT2D eigenvalue weighted by atomic mass is 32.1. The highest BCUT2D eigenvalue weighted by Crippen LogP contribution is 2.47. The minimum atomic E-state index is -3.78. The topological polar surface area (TPSA) is 156 Å². The summed E-state index contributed by atoms with van der Waals surface area (Å²) in [7, 11) is -2.33. The van der Waals surface area contributed by atoms with Gasteiger partial charge < -0.3 is 29.1 Å². The number of thiophene rings is 1.